The second kappa shape index (κ2) is 26.5. The Labute approximate surface area is 204 Å². The van der Waals surface area contributed by atoms with Crippen molar-refractivity contribution in [2.75, 3.05) is 140 Å². The first kappa shape index (κ1) is 32.9. The molecule has 0 aromatic heterocycles. The predicted molar refractivity (Wildman–Crippen MR) is 126 cm³/mol. The van der Waals surface area contributed by atoms with Gasteiger partial charge in [0.05, 0.1) is 92.5 Å². The van der Waals surface area contributed by atoms with Crippen LogP contribution in [0.3, 0.4) is 0 Å². The van der Waals surface area contributed by atoms with Gasteiger partial charge >= 0.3 is 6.09 Å². The summed E-state index contributed by atoms with van der Waals surface area (Å²) in [6, 6.07) is 0. The predicted octanol–water partition coefficient (Wildman–Crippen LogP) is 0.291. The van der Waals surface area contributed by atoms with E-state index in [0.717, 1.165) is 6.54 Å². The fourth-order valence-electron chi connectivity index (χ4n) is 2.48. The van der Waals surface area contributed by atoms with Crippen LogP contribution in [0.15, 0.2) is 0 Å². The third-order valence-electron chi connectivity index (χ3n) is 4.53. The van der Waals surface area contributed by atoms with Gasteiger partial charge in [0.25, 0.3) is 0 Å². The Morgan fingerprint density at radius 2 is 0.882 bits per heavy atom. The van der Waals surface area contributed by atoms with Crippen molar-refractivity contribution in [3.63, 3.8) is 0 Å². The number of nitrogens with zero attached hydrogens (tertiary/aromatic N) is 2. The molecule has 204 valence electrons. The summed E-state index contributed by atoms with van der Waals surface area (Å²) in [4.78, 5) is 14.3. The van der Waals surface area contributed by atoms with E-state index in [1.807, 2.05) is 0 Å². The van der Waals surface area contributed by atoms with Gasteiger partial charge in [-0.3, -0.25) is 4.90 Å². The van der Waals surface area contributed by atoms with Gasteiger partial charge in [-0.15, -0.1) is 0 Å². The minimum atomic E-state index is -0.933. The molecule has 0 unspecified atom stereocenters. The maximum Gasteiger partial charge on any atom is 0.407 e. The van der Waals surface area contributed by atoms with Gasteiger partial charge in [-0.1, -0.05) is 0 Å². The third kappa shape index (κ3) is 24.0. The lowest BCUT2D eigenvalue weighted by molar-refractivity contribution is -0.0198. The van der Waals surface area contributed by atoms with Crippen LogP contribution in [0.2, 0.25) is 0 Å². The lowest BCUT2D eigenvalue weighted by Crippen LogP contribution is -2.38. The molecule has 0 atom stereocenters. The number of ether oxygens (including phenoxy) is 8. The van der Waals surface area contributed by atoms with Crippen molar-refractivity contribution in [3.8, 4) is 0 Å². The van der Waals surface area contributed by atoms with Gasteiger partial charge in [0, 0.05) is 47.4 Å². The highest BCUT2D eigenvalue weighted by Gasteiger charge is 2.09. The summed E-state index contributed by atoms with van der Waals surface area (Å²) >= 11 is 0. The molecule has 1 amide bonds. The highest BCUT2D eigenvalue weighted by molar-refractivity contribution is 5.64. The second-order valence-corrected chi connectivity index (χ2v) is 7.21. The summed E-state index contributed by atoms with van der Waals surface area (Å²) in [5.74, 6) is 0. The van der Waals surface area contributed by atoms with Gasteiger partial charge < -0.3 is 47.9 Å². The first-order valence-corrected chi connectivity index (χ1v) is 11.7. The van der Waals surface area contributed by atoms with E-state index in [4.69, 9.17) is 43.0 Å². The fraction of sp³-hybridized carbons (Fsp3) is 0.955. The molecule has 0 aliphatic carbocycles. The molecule has 0 saturated carbocycles. The number of rotatable bonds is 27. The Morgan fingerprint density at radius 3 is 1.26 bits per heavy atom. The van der Waals surface area contributed by atoms with Crippen LogP contribution in [0.1, 0.15) is 0 Å². The van der Waals surface area contributed by atoms with E-state index in [-0.39, 0.29) is 0 Å². The quantitative estimate of drug-likeness (QED) is 0.157. The molecule has 34 heavy (non-hydrogen) atoms. The molecule has 0 heterocycles. The Bertz CT molecular complexity index is 434. The summed E-state index contributed by atoms with van der Waals surface area (Å²) in [5.41, 5.74) is 0. The van der Waals surface area contributed by atoms with Crippen molar-refractivity contribution in [1.29, 1.82) is 0 Å². The summed E-state index contributed by atoms with van der Waals surface area (Å²) in [6.07, 6.45) is -0.933. The molecule has 12 heteroatoms. The molecule has 0 aromatic rings. The highest BCUT2D eigenvalue weighted by atomic mass is 16.6. The molecular formula is C22H46N2O10. The van der Waals surface area contributed by atoms with Crippen LogP contribution in [-0.2, 0) is 37.9 Å². The lowest BCUT2D eigenvalue weighted by atomic mass is 10.4. The van der Waals surface area contributed by atoms with E-state index >= 15 is 0 Å². The number of carbonyl (C=O) groups is 1. The number of likely N-dealkylation sites (N-methyl/N-ethyl adjacent to an activating group) is 1. The first-order chi connectivity index (χ1) is 16.6. The summed E-state index contributed by atoms with van der Waals surface area (Å²) in [6.45, 7) is 9.94. The number of amides is 1. The number of hydrogen-bond donors (Lipinski definition) is 1. The third-order valence-corrected chi connectivity index (χ3v) is 4.53. The zero-order valence-corrected chi connectivity index (χ0v) is 21.2. The zero-order valence-electron chi connectivity index (χ0n) is 21.2. The number of methoxy groups -OCH3 is 2. The molecule has 0 saturated heterocycles. The minimum Gasteiger partial charge on any atom is -0.465 e. The fourth-order valence-corrected chi connectivity index (χ4v) is 2.48. The van der Waals surface area contributed by atoms with E-state index < -0.39 is 6.09 Å². The molecule has 0 radical (unpaired) electrons. The van der Waals surface area contributed by atoms with Crippen molar-refractivity contribution in [3.05, 3.63) is 0 Å². The molecule has 0 fully saturated rings. The monoisotopic (exact) mass is 498 g/mol. The topological polar surface area (TPSA) is 118 Å². The number of carboxylic acid groups (broad SMARTS) is 1. The van der Waals surface area contributed by atoms with Crippen LogP contribution in [-0.4, -0.2) is 161 Å². The van der Waals surface area contributed by atoms with Crippen molar-refractivity contribution in [2.24, 2.45) is 0 Å². The van der Waals surface area contributed by atoms with E-state index in [0.29, 0.717) is 112 Å². The lowest BCUT2D eigenvalue weighted by Gasteiger charge is -2.24. The average Bonchev–Trinajstić information content (AvgIpc) is 2.83. The number of hydrogen-bond acceptors (Lipinski definition) is 10. The average molecular weight is 499 g/mol. The summed E-state index contributed by atoms with van der Waals surface area (Å²) in [7, 11) is 4.84. The van der Waals surface area contributed by atoms with Crippen molar-refractivity contribution >= 4 is 6.09 Å². The summed E-state index contributed by atoms with van der Waals surface area (Å²) < 4.78 is 42.6. The van der Waals surface area contributed by atoms with E-state index in [1.165, 1.54) is 4.90 Å². The SMILES string of the molecule is COCCOCCOCCOCCOCCOCCOCCN(CCOC)CCN(C)C(=O)O. The standard InChI is InChI=1S/C22H46N2O10/c1-23(22(25)26)4-5-24(6-8-27-2)7-9-29-12-13-31-16-17-33-20-21-34-19-18-32-15-14-30-11-10-28-3/h4-21H2,1-3H3,(H,25,26). The van der Waals surface area contributed by atoms with Crippen molar-refractivity contribution in [2.45, 2.75) is 0 Å². The van der Waals surface area contributed by atoms with Crippen molar-refractivity contribution in [1.82, 2.24) is 9.80 Å². The normalized spacial score (nSPS) is 11.4. The van der Waals surface area contributed by atoms with Crippen LogP contribution >= 0.6 is 0 Å². The molecule has 0 aromatic carbocycles. The van der Waals surface area contributed by atoms with E-state index in [2.05, 4.69) is 4.90 Å². The minimum absolute atomic E-state index is 0.437. The molecule has 12 nitrogen and oxygen atoms in total. The van der Waals surface area contributed by atoms with Gasteiger partial charge in [-0.2, -0.15) is 0 Å². The Morgan fingerprint density at radius 1 is 0.529 bits per heavy atom. The maximum atomic E-state index is 10.9. The Balaban J connectivity index is 3.38. The Hall–Kier alpha value is -1.09. The van der Waals surface area contributed by atoms with Crippen LogP contribution in [0.4, 0.5) is 4.79 Å². The van der Waals surface area contributed by atoms with Crippen LogP contribution in [0, 0.1) is 0 Å². The zero-order chi connectivity index (χ0) is 25.1. The van der Waals surface area contributed by atoms with Gasteiger partial charge in [0.15, 0.2) is 0 Å². The van der Waals surface area contributed by atoms with Crippen LogP contribution < -0.4 is 0 Å². The molecule has 0 spiro atoms. The van der Waals surface area contributed by atoms with Gasteiger partial charge in [-0.25, -0.2) is 4.79 Å². The molecule has 0 rings (SSSR count). The van der Waals surface area contributed by atoms with E-state index in [1.54, 1.807) is 21.3 Å². The van der Waals surface area contributed by atoms with Gasteiger partial charge in [-0.05, 0) is 0 Å². The molecule has 0 aliphatic rings. The molecule has 0 bridgehead atoms. The molecule has 0 aliphatic heterocycles. The smallest absolute Gasteiger partial charge is 0.407 e. The van der Waals surface area contributed by atoms with Gasteiger partial charge in [0.1, 0.15) is 0 Å². The highest BCUT2D eigenvalue weighted by Crippen LogP contribution is 1.93. The largest absolute Gasteiger partial charge is 0.465 e. The molecular weight excluding hydrogens is 452 g/mol. The molecule has 1 N–H and O–H groups in total. The van der Waals surface area contributed by atoms with Crippen molar-refractivity contribution < 1.29 is 47.8 Å². The summed E-state index contributed by atoms with van der Waals surface area (Å²) in [5, 5.41) is 8.94. The first-order valence-electron chi connectivity index (χ1n) is 11.7. The van der Waals surface area contributed by atoms with Crippen LogP contribution in [0.5, 0.6) is 0 Å². The maximum absolute atomic E-state index is 10.9. The van der Waals surface area contributed by atoms with Gasteiger partial charge in [0.2, 0.25) is 0 Å². The van der Waals surface area contributed by atoms with E-state index in [9.17, 15) is 4.79 Å². The Kier molecular flexibility index (Phi) is 25.7. The second-order valence-electron chi connectivity index (χ2n) is 7.21. The van der Waals surface area contributed by atoms with Crippen LogP contribution in [0.25, 0.3) is 0 Å².